The topological polar surface area (TPSA) is 175 Å². The highest BCUT2D eigenvalue weighted by atomic mass is 16.5. The van der Waals surface area contributed by atoms with Gasteiger partial charge in [0, 0.05) is 44.6 Å². The van der Waals surface area contributed by atoms with Crippen molar-refractivity contribution in [1.82, 2.24) is 20.6 Å². The Morgan fingerprint density at radius 3 is 1.71 bits per heavy atom. The number of methoxy groups -OCH3 is 1. The number of nitrogens with one attached hydrogen (secondary N) is 2. The van der Waals surface area contributed by atoms with Gasteiger partial charge in [-0.3, -0.25) is 19.6 Å². The van der Waals surface area contributed by atoms with Crippen molar-refractivity contribution in [2.45, 2.75) is 40.5 Å². The average molecular weight is 708 g/mol. The van der Waals surface area contributed by atoms with Gasteiger partial charge in [0.2, 0.25) is 5.91 Å². The van der Waals surface area contributed by atoms with Crippen molar-refractivity contribution in [1.29, 1.82) is 0 Å². The molecule has 0 fully saturated rings. The Hall–Kier alpha value is -4.88. The molecular formula is C39H57N5O7. The maximum absolute atomic E-state index is 12.2. The summed E-state index contributed by atoms with van der Waals surface area (Å²) in [5.41, 5.74) is 7.95. The van der Waals surface area contributed by atoms with E-state index in [0.717, 1.165) is 47.6 Å². The number of nitrogens with zero attached hydrogens (tertiary/aromatic N) is 2. The number of hydrogen-bond acceptors (Lipinski definition) is 9. The maximum atomic E-state index is 12.2. The van der Waals surface area contributed by atoms with E-state index in [0.29, 0.717) is 43.6 Å². The van der Waals surface area contributed by atoms with Crippen LogP contribution >= 0.6 is 0 Å². The summed E-state index contributed by atoms with van der Waals surface area (Å²) in [5, 5.41) is 24.2. The van der Waals surface area contributed by atoms with Crippen LogP contribution in [0.2, 0.25) is 0 Å². The highest BCUT2D eigenvalue weighted by Crippen LogP contribution is 2.16. The van der Waals surface area contributed by atoms with E-state index in [1.54, 1.807) is 17.6 Å². The fourth-order valence-corrected chi connectivity index (χ4v) is 4.72. The molecule has 6 N–H and O–H groups in total. The number of esters is 1. The minimum atomic E-state index is -0.884. The summed E-state index contributed by atoms with van der Waals surface area (Å²) in [6, 6.07) is 26.4. The maximum Gasteiger partial charge on any atom is 0.335 e. The molecule has 4 aromatic carbocycles. The quantitative estimate of drug-likeness (QED) is 0.0609. The number of fused-ring (bicyclic) bond motifs is 2. The number of amides is 2. The molecule has 12 nitrogen and oxygen atoms in total. The van der Waals surface area contributed by atoms with Crippen LogP contribution in [-0.2, 0) is 14.3 Å². The van der Waals surface area contributed by atoms with E-state index in [-0.39, 0.29) is 39.1 Å². The molecule has 0 heterocycles. The first kappa shape index (κ1) is 46.1. The lowest BCUT2D eigenvalue weighted by molar-refractivity contribution is -0.140. The number of nitrogens with two attached hydrogens (primary N) is 1. The van der Waals surface area contributed by atoms with Crippen molar-refractivity contribution in [3.63, 3.8) is 0 Å². The van der Waals surface area contributed by atoms with E-state index in [1.807, 2.05) is 91.8 Å². The zero-order valence-electron chi connectivity index (χ0n) is 28.6. The van der Waals surface area contributed by atoms with Crippen molar-refractivity contribution < 1.29 is 34.2 Å². The van der Waals surface area contributed by atoms with Gasteiger partial charge in [0.05, 0.1) is 12.7 Å². The highest BCUT2D eigenvalue weighted by molar-refractivity contribution is 5.98. The summed E-state index contributed by atoms with van der Waals surface area (Å²) in [7, 11) is 5.33. The predicted molar refractivity (Wildman–Crippen MR) is 205 cm³/mol. The van der Waals surface area contributed by atoms with E-state index in [2.05, 4.69) is 15.0 Å². The van der Waals surface area contributed by atoms with Gasteiger partial charge in [-0.15, -0.1) is 0 Å². The number of hydrogen-bond donors (Lipinski definition) is 5. The van der Waals surface area contributed by atoms with E-state index in [9.17, 15) is 19.2 Å². The first-order valence-corrected chi connectivity index (χ1v) is 16.1. The predicted octanol–water partition coefficient (Wildman–Crippen LogP) is 5.43. The normalized spacial score (nSPS) is 10.1. The first-order chi connectivity index (χ1) is 23.6. The Kier molecular flexibility index (Phi) is 23.5. The van der Waals surface area contributed by atoms with Crippen LogP contribution in [0.25, 0.3) is 21.5 Å². The van der Waals surface area contributed by atoms with Crippen LogP contribution in [0.4, 0.5) is 0 Å². The van der Waals surface area contributed by atoms with Gasteiger partial charge in [-0.2, -0.15) is 0 Å². The van der Waals surface area contributed by atoms with E-state index < -0.39 is 5.97 Å². The van der Waals surface area contributed by atoms with Crippen LogP contribution in [0.1, 0.15) is 61.3 Å². The first-order valence-electron chi connectivity index (χ1n) is 16.1. The van der Waals surface area contributed by atoms with Gasteiger partial charge in [-0.1, -0.05) is 75.5 Å². The molecule has 4 aromatic rings. The van der Waals surface area contributed by atoms with Crippen LogP contribution < -0.4 is 16.5 Å². The third kappa shape index (κ3) is 18.1. The summed E-state index contributed by atoms with van der Waals surface area (Å²) < 4.78 is 4.51. The molecule has 2 amide bonds. The second kappa shape index (κ2) is 26.0. The summed E-state index contributed by atoms with van der Waals surface area (Å²) in [5.74, 6) is -1.50. The van der Waals surface area contributed by atoms with Gasteiger partial charge < -0.3 is 30.7 Å². The number of benzene rings is 4. The molecule has 0 unspecified atom stereocenters. The summed E-state index contributed by atoms with van der Waals surface area (Å²) in [6.07, 6.45) is 2.26. The zero-order chi connectivity index (χ0) is 36.0. The Bertz CT molecular complexity index is 1630. The van der Waals surface area contributed by atoms with Gasteiger partial charge in [0.1, 0.15) is 0 Å². The number of ether oxygens (including phenoxy) is 1. The third-order valence-electron chi connectivity index (χ3n) is 7.51. The largest absolute Gasteiger partial charge is 0.478 e. The number of rotatable bonds is 15. The van der Waals surface area contributed by atoms with Gasteiger partial charge in [-0.25, -0.2) is 10.3 Å². The molecule has 4 rings (SSSR count). The van der Waals surface area contributed by atoms with Crippen molar-refractivity contribution in [3.05, 3.63) is 96.1 Å². The molecule has 0 spiro atoms. The molecule has 0 atom stereocenters. The lowest BCUT2D eigenvalue weighted by Gasteiger charge is -2.16. The van der Waals surface area contributed by atoms with Gasteiger partial charge >= 0.3 is 11.9 Å². The number of aromatic carboxylic acids is 1. The molecule has 51 heavy (non-hydrogen) atoms. The minimum Gasteiger partial charge on any atom is -0.478 e. The Labute approximate surface area is 302 Å². The Morgan fingerprint density at radius 2 is 1.20 bits per heavy atom. The fraction of sp³-hybridized carbons (Fsp3) is 0.385. The lowest BCUT2D eigenvalue weighted by Crippen LogP contribution is -2.33. The van der Waals surface area contributed by atoms with E-state index in [1.165, 1.54) is 7.11 Å². The highest BCUT2D eigenvalue weighted by Gasteiger charge is 2.08. The molecule has 0 saturated heterocycles. The molecule has 0 aliphatic rings. The van der Waals surface area contributed by atoms with E-state index >= 15 is 0 Å². The van der Waals surface area contributed by atoms with Crippen LogP contribution in [0.3, 0.4) is 0 Å². The van der Waals surface area contributed by atoms with Crippen molar-refractivity contribution >= 4 is 45.3 Å². The summed E-state index contributed by atoms with van der Waals surface area (Å²) >= 11 is 0. The molecule has 0 radical (unpaired) electrons. The standard InChI is InChI=1S/C18H23N3O3.C11H8O2.C8H18N2O2.2CH4/c1-21(11-4-7-17(22)20-24)12-10-19-18(23)16-9-8-14-5-2-3-6-15(14)13-16;12-11(13)10-6-5-8-3-1-2-4-9(8)7-10;1-10(7-5-9)6-3-4-8(11)12-2;;/h2-3,5-6,8-9,13,24H,4,7,10-12H2,1H3,(H,19,23)(H,20,22);1-7H,(H,12,13);3-7,9H2,1-2H3;2*1H4. The van der Waals surface area contributed by atoms with Gasteiger partial charge in [0.15, 0.2) is 0 Å². The van der Waals surface area contributed by atoms with Crippen LogP contribution in [-0.4, -0.2) is 104 Å². The SMILES string of the molecule is C.C.CN(CCCC(=O)NO)CCNC(=O)c1ccc2ccccc2c1.COC(=O)CCCN(C)CCN.O=C(O)c1ccc2ccccc2c1. The minimum absolute atomic E-state index is 0. The second-order valence-electron chi connectivity index (χ2n) is 11.4. The number of likely N-dealkylation sites (N-methyl/N-ethyl adjacent to an activating group) is 2. The molecule has 12 heteroatoms. The van der Waals surface area contributed by atoms with Crippen LogP contribution in [0, 0.1) is 0 Å². The van der Waals surface area contributed by atoms with Gasteiger partial charge in [0.25, 0.3) is 5.91 Å². The Balaban J connectivity index is 0.000000788. The summed E-state index contributed by atoms with van der Waals surface area (Å²) in [6.45, 7) is 4.38. The summed E-state index contributed by atoms with van der Waals surface area (Å²) in [4.78, 5) is 48.6. The molecule has 280 valence electrons. The smallest absolute Gasteiger partial charge is 0.335 e. The van der Waals surface area contributed by atoms with Crippen LogP contribution in [0.5, 0.6) is 0 Å². The average Bonchev–Trinajstić information content (AvgIpc) is 3.11. The fourth-order valence-electron chi connectivity index (χ4n) is 4.72. The molecule has 0 aromatic heterocycles. The molecule has 0 aliphatic heterocycles. The number of carbonyl (C=O) groups is 4. The Morgan fingerprint density at radius 1 is 0.706 bits per heavy atom. The van der Waals surface area contributed by atoms with Crippen molar-refractivity contribution in [2.24, 2.45) is 5.73 Å². The molecule has 0 bridgehead atoms. The number of hydroxylamine groups is 1. The third-order valence-corrected chi connectivity index (χ3v) is 7.51. The molecule has 0 saturated carbocycles. The number of carboxylic acid groups (broad SMARTS) is 1. The zero-order valence-corrected chi connectivity index (χ0v) is 28.6. The van der Waals surface area contributed by atoms with Crippen LogP contribution in [0.15, 0.2) is 84.9 Å². The van der Waals surface area contributed by atoms with Crippen molar-refractivity contribution in [3.8, 4) is 0 Å². The lowest BCUT2D eigenvalue weighted by atomic mass is 10.1. The molecule has 0 aliphatic carbocycles. The number of carboxylic acids is 1. The van der Waals surface area contributed by atoms with Gasteiger partial charge in [-0.05, 0) is 85.8 Å². The second-order valence-corrected chi connectivity index (χ2v) is 11.4. The monoisotopic (exact) mass is 707 g/mol. The van der Waals surface area contributed by atoms with Crippen molar-refractivity contribution in [2.75, 3.05) is 60.5 Å². The molecular weight excluding hydrogens is 650 g/mol. The number of carbonyl (C=O) groups excluding carboxylic acids is 3. The van der Waals surface area contributed by atoms with E-state index in [4.69, 9.17) is 16.0 Å².